The van der Waals surface area contributed by atoms with E-state index in [1.54, 1.807) is 11.0 Å². The predicted molar refractivity (Wildman–Crippen MR) is 150 cm³/mol. The number of hydrogen-bond donors (Lipinski definition) is 2. The van der Waals surface area contributed by atoms with E-state index in [0.29, 0.717) is 24.9 Å². The van der Waals surface area contributed by atoms with Crippen LogP contribution in [0.2, 0.25) is 6.32 Å². The van der Waals surface area contributed by atoms with Crippen LogP contribution in [0.5, 0.6) is 0 Å². The Bertz CT molecular complexity index is 1100. The maximum absolute atomic E-state index is 13.9. The van der Waals surface area contributed by atoms with Gasteiger partial charge in [-0.3, -0.25) is 14.5 Å². The number of aliphatic hydroxyl groups is 1. The van der Waals surface area contributed by atoms with E-state index in [1.807, 2.05) is 6.07 Å². The first-order valence-corrected chi connectivity index (χ1v) is 15.3. The average Bonchev–Trinajstić information content (AvgIpc) is 3.49. The number of rotatable bonds is 10. The summed E-state index contributed by atoms with van der Waals surface area (Å²) in [4.78, 5) is 29.2. The van der Waals surface area contributed by atoms with Crippen molar-refractivity contribution in [1.82, 2.24) is 4.90 Å². The minimum atomic E-state index is -0.937. The van der Waals surface area contributed by atoms with Gasteiger partial charge in [-0.25, -0.2) is 0 Å². The minimum absolute atomic E-state index is 0.00752. The lowest BCUT2D eigenvalue weighted by atomic mass is 9.58. The third-order valence-corrected chi connectivity index (χ3v) is 9.32. The zero-order valence-electron chi connectivity index (χ0n) is 23.6. The molecule has 0 spiro atoms. The Hall–Kier alpha value is -2.16. The van der Waals surface area contributed by atoms with Crippen molar-refractivity contribution in [2.45, 2.75) is 116 Å². The molecule has 7 nitrogen and oxygen atoms in total. The number of imide groups is 1. The molecule has 0 unspecified atom stereocenters. The number of nitrogens with zero attached hydrogens (tertiary/aromatic N) is 1. The van der Waals surface area contributed by atoms with Crippen LogP contribution >= 0.6 is 0 Å². The van der Waals surface area contributed by atoms with Gasteiger partial charge in [-0.1, -0.05) is 57.1 Å². The molecule has 2 N–H and O–H groups in total. The summed E-state index contributed by atoms with van der Waals surface area (Å²) in [5, 5.41) is 20.2. The Morgan fingerprint density at radius 3 is 2.56 bits per heavy atom. The quantitative estimate of drug-likeness (QED) is 0.227. The van der Waals surface area contributed by atoms with Crippen molar-refractivity contribution in [2.24, 2.45) is 17.8 Å². The summed E-state index contributed by atoms with van der Waals surface area (Å²) in [6.45, 7) is 4.18. The van der Waals surface area contributed by atoms with Gasteiger partial charge >= 0.3 is 7.12 Å². The molecular weight excluding hydrogens is 493 g/mol. The second kappa shape index (κ2) is 12.6. The van der Waals surface area contributed by atoms with Crippen molar-refractivity contribution < 1.29 is 28.8 Å². The third-order valence-electron chi connectivity index (χ3n) is 9.32. The number of fused-ring (bicyclic) bond motifs is 3. The number of aliphatic hydroxyl groups excluding tert-OH is 1. The largest absolute Gasteiger partial charge is 0.459 e. The summed E-state index contributed by atoms with van der Waals surface area (Å²) in [7, 11) is -0.937. The molecule has 4 atom stereocenters. The van der Waals surface area contributed by atoms with Crippen LogP contribution in [0.1, 0.15) is 102 Å². The SMILES string of the molecule is CCCC1=C2[C@@H](CC/C(=C/c3ccc(CO)o3)CCC)OB(O)C[C@@H]2[C@@H]2C(=O)N(C3CCCCC3)C(=O)[C@@H]2C1. The molecule has 3 heterocycles. The zero-order chi connectivity index (χ0) is 27.5. The molecule has 8 heteroatoms. The molecule has 212 valence electrons. The van der Waals surface area contributed by atoms with Gasteiger partial charge in [0, 0.05) is 6.04 Å². The van der Waals surface area contributed by atoms with Crippen LogP contribution in [-0.2, 0) is 20.9 Å². The Kier molecular flexibility index (Phi) is 9.14. The molecule has 2 saturated heterocycles. The van der Waals surface area contributed by atoms with Crippen LogP contribution in [0.15, 0.2) is 33.3 Å². The second-order valence-electron chi connectivity index (χ2n) is 12.0. The van der Waals surface area contributed by atoms with Gasteiger partial charge in [0.05, 0.1) is 17.9 Å². The zero-order valence-corrected chi connectivity index (χ0v) is 23.6. The summed E-state index contributed by atoms with van der Waals surface area (Å²) < 4.78 is 11.9. The van der Waals surface area contributed by atoms with Gasteiger partial charge < -0.3 is 19.2 Å². The number of likely N-dealkylation sites (tertiary alicyclic amines) is 1. The van der Waals surface area contributed by atoms with Gasteiger partial charge in [-0.05, 0) is 81.0 Å². The summed E-state index contributed by atoms with van der Waals surface area (Å²) in [6, 6.07) is 3.71. The van der Waals surface area contributed by atoms with Crippen LogP contribution in [0.4, 0.5) is 0 Å². The van der Waals surface area contributed by atoms with Gasteiger partial charge in [0.1, 0.15) is 18.1 Å². The Morgan fingerprint density at radius 2 is 1.87 bits per heavy atom. The number of allylic oxidation sites excluding steroid dienone is 2. The average molecular weight is 538 g/mol. The Morgan fingerprint density at radius 1 is 1.08 bits per heavy atom. The van der Waals surface area contributed by atoms with Gasteiger partial charge in [-0.2, -0.15) is 0 Å². The van der Waals surface area contributed by atoms with Crippen LogP contribution in [0.3, 0.4) is 0 Å². The number of furan rings is 1. The fourth-order valence-electron chi connectivity index (χ4n) is 7.69. The van der Waals surface area contributed by atoms with Crippen molar-refractivity contribution in [3.05, 3.63) is 40.4 Å². The van der Waals surface area contributed by atoms with Crippen LogP contribution in [0, 0.1) is 17.8 Å². The fraction of sp³-hybridized carbons (Fsp3) is 0.677. The maximum atomic E-state index is 13.9. The van der Waals surface area contributed by atoms with E-state index >= 15 is 0 Å². The molecule has 0 radical (unpaired) electrons. The summed E-state index contributed by atoms with van der Waals surface area (Å²) in [5.74, 6) is 0.484. The molecule has 1 saturated carbocycles. The lowest BCUT2D eigenvalue weighted by Gasteiger charge is -2.43. The monoisotopic (exact) mass is 537 g/mol. The third kappa shape index (κ3) is 5.84. The van der Waals surface area contributed by atoms with E-state index in [-0.39, 0.29) is 48.3 Å². The summed E-state index contributed by atoms with van der Waals surface area (Å²) in [6.07, 6.45) is 13.2. The smallest absolute Gasteiger partial charge is 0.455 e. The van der Waals surface area contributed by atoms with Crippen molar-refractivity contribution in [2.75, 3.05) is 0 Å². The molecule has 1 aromatic heterocycles. The number of carbonyl (C=O) groups excluding carboxylic acids is 2. The normalized spacial score (nSPS) is 28.4. The van der Waals surface area contributed by atoms with E-state index in [0.717, 1.165) is 63.5 Å². The standard InChI is InChI=1S/C31H44BNO6/c1-3-8-20(16-23-13-14-24(19-34)38-23)12-15-27-28-21(9-4-2)17-25-29(26(28)18-32(37)39-27)31(36)33(30(25)35)22-10-6-5-7-11-22/h13-14,16,22,25-27,29,34,37H,3-12,15,17-19H2,1-2H3/b20-16+/t25-,26+,27-,29-/m1/s1. The first kappa shape index (κ1) is 28.4. The van der Waals surface area contributed by atoms with Crippen molar-refractivity contribution in [3.63, 3.8) is 0 Å². The minimum Gasteiger partial charge on any atom is -0.459 e. The molecule has 39 heavy (non-hydrogen) atoms. The highest BCUT2D eigenvalue weighted by molar-refractivity contribution is 6.43. The molecule has 2 amide bonds. The van der Waals surface area contributed by atoms with Gasteiger partial charge in [0.25, 0.3) is 0 Å². The highest BCUT2D eigenvalue weighted by Crippen LogP contribution is 2.52. The van der Waals surface area contributed by atoms with Crippen LogP contribution < -0.4 is 0 Å². The van der Waals surface area contributed by atoms with Crippen molar-refractivity contribution in [3.8, 4) is 0 Å². The predicted octanol–water partition coefficient (Wildman–Crippen LogP) is 5.67. The second-order valence-corrected chi connectivity index (χ2v) is 12.0. The number of hydrogen-bond acceptors (Lipinski definition) is 6. The molecule has 1 aromatic rings. The Labute approximate surface area is 232 Å². The lowest BCUT2D eigenvalue weighted by Crippen LogP contribution is -2.46. The number of carbonyl (C=O) groups is 2. The number of amides is 2. The summed E-state index contributed by atoms with van der Waals surface area (Å²) >= 11 is 0. The first-order chi connectivity index (χ1) is 18.9. The lowest BCUT2D eigenvalue weighted by molar-refractivity contribution is -0.143. The molecule has 2 aliphatic carbocycles. The Balaban J connectivity index is 1.40. The van der Waals surface area contributed by atoms with Crippen LogP contribution in [-0.4, -0.2) is 46.1 Å². The molecule has 3 fully saturated rings. The topological polar surface area (TPSA) is 100 Å². The molecule has 5 rings (SSSR count). The highest BCUT2D eigenvalue weighted by Gasteiger charge is 2.58. The van der Waals surface area contributed by atoms with E-state index in [4.69, 9.17) is 9.07 Å². The maximum Gasteiger partial charge on any atom is 0.455 e. The van der Waals surface area contributed by atoms with E-state index in [1.165, 1.54) is 23.1 Å². The first-order valence-electron chi connectivity index (χ1n) is 15.3. The molecule has 4 aliphatic rings. The molecule has 2 aliphatic heterocycles. The molecule has 0 bridgehead atoms. The van der Waals surface area contributed by atoms with E-state index in [9.17, 15) is 19.7 Å². The van der Waals surface area contributed by atoms with E-state index < -0.39 is 7.12 Å². The van der Waals surface area contributed by atoms with E-state index in [2.05, 4.69) is 19.9 Å². The van der Waals surface area contributed by atoms with Gasteiger partial charge in [-0.15, -0.1) is 0 Å². The highest BCUT2D eigenvalue weighted by atomic mass is 16.5. The molecule has 0 aromatic carbocycles. The summed E-state index contributed by atoms with van der Waals surface area (Å²) in [5.41, 5.74) is 3.69. The molecular formula is C31H44BNO6. The van der Waals surface area contributed by atoms with Crippen molar-refractivity contribution >= 4 is 25.0 Å². The van der Waals surface area contributed by atoms with Crippen LogP contribution in [0.25, 0.3) is 6.08 Å². The fourth-order valence-corrected chi connectivity index (χ4v) is 7.69. The van der Waals surface area contributed by atoms with Gasteiger partial charge in [0.15, 0.2) is 0 Å². The van der Waals surface area contributed by atoms with Crippen molar-refractivity contribution in [1.29, 1.82) is 0 Å². The van der Waals surface area contributed by atoms with Gasteiger partial charge in [0.2, 0.25) is 11.8 Å².